The fourth-order valence-electron chi connectivity index (χ4n) is 2.28. The Hall–Kier alpha value is -0.0800. The van der Waals surface area contributed by atoms with Gasteiger partial charge in [-0.25, -0.2) is 0 Å². The van der Waals surface area contributed by atoms with Gasteiger partial charge in [-0.1, -0.05) is 26.2 Å². The van der Waals surface area contributed by atoms with Crippen molar-refractivity contribution in [3.8, 4) is 0 Å². The lowest BCUT2D eigenvalue weighted by Gasteiger charge is -2.15. The summed E-state index contributed by atoms with van der Waals surface area (Å²) >= 11 is 0. The molecule has 2 atom stereocenters. The zero-order valence-electron chi connectivity index (χ0n) is 8.89. The van der Waals surface area contributed by atoms with Gasteiger partial charge in [0.25, 0.3) is 0 Å². The Morgan fingerprint density at radius 2 is 2.08 bits per heavy atom. The van der Waals surface area contributed by atoms with Crippen LogP contribution in [0, 0.1) is 5.92 Å². The van der Waals surface area contributed by atoms with Crippen molar-refractivity contribution in [2.24, 2.45) is 11.7 Å². The van der Waals surface area contributed by atoms with Crippen LogP contribution in [0.2, 0.25) is 0 Å². The summed E-state index contributed by atoms with van der Waals surface area (Å²) in [5, 5.41) is 3.53. The summed E-state index contributed by atoms with van der Waals surface area (Å²) in [5.74, 6) is 0.990. The smallest absolute Gasteiger partial charge is 0.00770 e. The highest BCUT2D eigenvalue weighted by molar-refractivity contribution is 4.74. The molecule has 0 bridgehead atoms. The standard InChI is InChI=1S/C11H24N2/c1-2-10-4-3-5-11(7-6-10)13-9-8-12/h10-11,13H,2-9,12H2,1H3. The lowest BCUT2D eigenvalue weighted by Crippen LogP contribution is -2.32. The summed E-state index contributed by atoms with van der Waals surface area (Å²) < 4.78 is 0. The van der Waals surface area contributed by atoms with Gasteiger partial charge in [-0.2, -0.15) is 0 Å². The monoisotopic (exact) mass is 184 g/mol. The van der Waals surface area contributed by atoms with E-state index >= 15 is 0 Å². The average molecular weight is 184 g/mol. The molecule has 0 aromatic carbocycles. The van der Waals surface area contributed by atoms with Crippen LogP contribution in [0.25, 0.3) is 0 Å². The first-order valence-electron chi connectivity index (χ1n) is 5.80. The molecule has 0 aromatic heterocycles. The van der Waals surface area contributed by atoms with Gasteiger partial charge in [0.15, 0.2) is 0 Å². The third kappa shape index (κ3) is 4.10. The molecular weight excluding hydrogens is 160 g/mol. The topological polar surface area (TPSA) is 38.0 Å². The first kappa shape index (κ1) is 11.0. The van der Waals surface area contributed by atoms with Crippen molar-refractivity contribution < 1.29 is 0 Å². The zero-order chi connectivity index (χ0) is 9.52. The summed E-state index contributed by atoms with van der Waals surface area (Å²) in [5.41, 5.74) is 5.48. The van der Waals surface area contributed by atoms with Crippen LogP contribution in [0.15, 0.2) is 0 Å². The fraction of sp³-hybridized carbons (Fsp3) is 1.00. The first-order chi connectivity index (χ1) is 6.36. The van der Waals surface area contributed by atoms with Crippen molar-refractivity contribution in [3.63, 3.8) is 0 Å². The van der Waals surface area contributed by atoms with E-state index in [4.69, 9.17) is 5.73 Å². The maximum Gasteiger partial charge on any atom is 0.00770 e. The lowest BCUT2D eigenvalue weighted by molar-refractivity contribution is 0.428. The molecule has 13 heavy (non-hydrogen) atoms. The number of nitrogens with one attached hydrogen (secondary N) is 1. The predicted molar refractivity (Wildman–Crippen MR) is 57.7 cm³/mol. The van der Waals surface area contributed by atoms with Crippen molar-refractivity contribution in [1.29, 1.82) is 0 Å². The molecule has 2 nitrogen and oxygen atoms in total. The average Bonchev–Trinajstić information content (AvgIpc) is 2.39. The number of hydrogen-bond acceptors (Lipinski definition) is 2. The van der Waals surface area contributed by atoms with Gasteiger partial charge < -0.3 is 11.1 Å². The highest BCUT2D eigenvalue weighted by Gasteiger charge is 2.16. The van der Waals surface area contributed by atoms with E-state index in [1.807, 2.05) is 0 Å². The van der Waals surface area contributed by atoms with Gasteiger partial charge in [0.05, 0.1) is 0 Å². The molecule has 0 saturated heterocycles. The van der Waals surface area contributed by atoms with Gasteiger partial charge in [-0.05, 0) is 25.2 Å². The van der Waals surface area contributed by atoms with Crippen LogP contribution in [0.3, 0.4) is 0 Å². The SMILES string of the molecule is CCC1CCCC(NCCN)CC1. The van der Waals surface area contributed by atoms with Crippen LogP contribution in [0.4, 0.5) is 0 Å². The molecule has 0 aliphatic heterocycles. The van der Waals surface area contributed by atoms with Crippen LogP contribution in [-0.4, -0.2) is 19.1 Å². The second kappa shape index (κ2) is 6.39. The normalized spacial score (nSPS) is 30.0. The zero-order valence-corrected chi connectivity index (χ0v) is 8.89. The minimum Gasteiger partial charge on any atom is -0.329 e. The first-order valence-corrected chi connectivity index (χ1v) is 5.80. The van der Waals surface area contributed by atoms with Crippen molar-refractivity contribution in [1.82, 2.24) is 5.32 Å². The molecule has 1 rings (SSSR count). The maximum atomic E-state index is 5.48. The van der Waals surface area contributed by atoms with Crippen molar-refractivity contribution in [3.05, 3.63) is 0 Å². The Morgan fingerprint density at radius 1 is 1.23 bits per heavy atom. The highest BCUT2D eigenvalue weighted by Crippen LogP contribution is 2.25. The van der Waals surface area contributed by atoms with Crippen molar-refractivity contribution >= 4 is 0 Å². The molecule has 0 spiro atoms. The fourth-order valence-corrected chi connectivity index (χ4v) is 2.28. The summed E-state index contributed by atoms with van der Waals surface area (Å²) in [6, 6.07) is 0.750. The summed E-state index contributed by atoms with van der Waals surface area (Å²) in [6.45, 7) is 4.08. The van der Waals surface area contributed by atoms with Crippen LogP contribution in [0.1, 0.15) is 45.4 Å². The van der Waals surface area contributed by atoms with Gasteiger partial charge in [0, 0.05) is 19.1 Å². The highest BCUT2D eigenvalue weighted by atomic mass is 14.9. The minimum atomic E-state index is 0.750. The molecule has 1 aliphatic carbocycles. The molecule has 0 aromatic rings. The van der Waals surface area contributed by atoms with E-state index in [0.29, 0.717) is 0 Å². The van der Waals surface area contributed by atoms with Crippen LogP contribution >= 0.6 is 0 Å². The Bertz CT molecular complexity index is 125. The largest absolute Gasteiger partial charge is 0.329 e. The van der Waals surface area contributed by atoms with E-state index in [-0.39, 0.29) is 0 Å². The van der Waals surface area contributed by atoms with Crippen molar-refractivity contribution in [2.45, 2.75) is 51.5 Å². The number of rotatable bonds is 4. The molecule has 78 valence electrons. The van der Waals surface area contributed by atoms with Crippen molar-refractivity contribution in [2.75, 3.05) is 13.1 Å². The lowest BCUT2D eigenvalue weighted by atomic mass is 9.98. The quantitative estimate of drug-likeness (QED) is 0.655. The van der Waals surface area contributed by atoms with Gasteiger partial charge in [0.2, 0.25) is 0 Å². The predicted octanol–water partition coefficient (Wildman–Crippen LogP) is 1.89. The van der Waals surface area contributed by atoms with Gasteiger partial charge in [-0.3, -0.25) is 0 Å². The van der Waals surface area contributed by atoms with E-state index in [0.717, 1.165) is 25.0 Å². The molecular formula is C11H24N2. The second-order valence-corrected chi connectivity index (χ2v) is 4.22. The molecule has 0 heterocycles. The molecule has 1 saturated carbocycles. The van der Waals surface area contributed by atoms with E-state index in [1.165, 1.54) is 38.5 Å². The van der Waals surface area contributed by atoms with Crippen LogP contribution in [-0.2, 0) is 0 Å². The third-order valence-corrected chi connectivity index (χ3v) is 3.24. The van der Waals surface area contributed by atoms with Crippen LogP contribution in [0.5, 0.6) is 0 Å². The van der Waals surface area contributed by atoms with E-state index < -0.39 is 0 Å². The molecule has 1 aliphatic rings. The molecule has 1 fully saturated rings. The summed E-state index contributed by atoms with van der Waals surface area (Å²) in [6.07, 6.45) is 8.34. The van der Waals surface area contributed by atoms with Gasteiger partial charge in [-0.15, -0.1) is 0 Å². The maximum absolute atomic E-state index is 5.48. The van der Waals surface area contributed by atoms with E-state index in [9.17, 15) is 0 Å². The Balaban J connectivity index is 2.19. The third-order valence-electron chi connectivity index (χ3n) is 3.24. The van der Waals surface area contributed by atoms with Gasteiger partial charge in [0.1, 0.15) is 0 Å². The molecule has 0 amide bonds. The Kier molecular flexibility index (Phi) is 5.40. The Labute approximate surface area is 82.3 Å². The van der Waals surface area contributed by atoms with E-state index in [2.05, 4.69) is 12.2 Å². The van der Waals surface area contributed by atoms with Gasteiger partial charge >= 0.3 is 0 Å². The number of hydrogen-bond donors (Lipinski definition) is 2. The second-order valence-electron chi connectivity index (χ2n) is 4.22. The molecule has 0 radical (unpaired) electrons. The molecule has 3 N–H and O–H groups in total. The minimum absolute atomic E-state index is 0.750. The van der Waals surface area contributed by atoms with Crippen LogP contribution < -0.4 is 11.1 Å². The van der Waals surface area contributed by atoms with E-state index in [1.54, 1.807) is 0 Å². The Morgan fingerprint density at radius 3 is 2.77 bits per heavy atom. The summed E-state index contributed by atoms with van der Waals surface area (Å²) in [4.78, 5) is 0. The number of nitrogens with two attached hydrogens (primary N) is 1. The molecule has 2 unspecified atom stereocenters. The molecule has 2 heteroatoms. The summed E-state index contributed by atoms with van der Waals surface area (Å²) in [7, 11) is 0.